The molecular formula is C11H19BO2. The van der Waals surface area contributed by atoms with Gasteiger partial charge in [-0.15, -0.1) is 0 Å². The summed E-state index contributed by atoms with van der Waals surface area (Å²) >= 11 is 0. The van der Waals surface area contributed by atoms with E-state index < -0.39 is 0 Å². The van der Waals surface area contributed by atoms with E-state index in [-0.39, 0.29) is 23.3 Å². The van der Waals surface area contributed by atoms with Crippen LogP contribution in [-0.4, -0.2) is 31.2 Å². The fourth-order valence-corrected chi connectivity index (χ4v) is 3.58. The smallest absolute Gasteiger partial charge is 0.112 e. The van der Waals surface area contributed by atoms with Gasteiger partial charge in [0.1, 0.15) is 13.4 Å². The second-order valence-corrected chi connectivity index (χ2v) is 5.41. The van der Waals surface area contributed by atoms with Crippen LogP contribution in [0.2, 0.25) is 0 Å². The van der Waals surface area contributed by atoms with Crippen molar-refractivity contribution < 1.29 is 9.47 Å². The third-order valence-electron chi connectivity index (χ3n) is 4.05. The summed E-state index contributed by atoms with van der Waals surface area (Å²) in [6.45, 7) is 10.8. The average Bonchev–Trinajstić information content (AvgIpc) is 2.38. The molecule has 2 nitrogen and oxygen atoms in total. The minimum atomic E-state index is -0.250. The van der Waals surface area contributed by atoms with Gasteiger partial charge in [-0.1, -0.05) is 20.8 Å². The van der Waals surface area contributed by atoms with Crippen molar-refractivity contribution in [2.45, 2.75) is 57.9 Å². The fraction of sp³-hybridized carbons (Fsp3) is 1.00. The molecule has 0 N–H and O–H groups in total. The highest BCUT2D eigenvalue weighted by Gasteiger charge is 2.67. The van der Waals surface area contributed by atoms with Crippen molar-refractivity contribution in [1.82, 2.24) is 0 Å². The van der Waals surface area contributed by atoms with Crippen molar-refractivity contribution in [2.24, 2.45) is 11.8 Å². The minimum absolute atomic E-state index is 0.0624. The Morgan fingerprint density at radius 2 is 1.79 bits per heavy atom. The first-order chi connectivity index (χ1) is 6.33. The Morgan fingerprint density at radius 3 is 2.07 bits per heavy atom. The van der Waals surface area contributed by atoms with Crippen LogP contribution in [0.1, 0.15) is 34.6 Å². The summed E-state index contributed by atoms with van der Waals surface area (Å²) in [6.07, 6.45) is 0.0624. The molecule has 2 rings (SSSR count). The van der Waals surface area contributed by atoms with E-state index in [2.05, 4.69) is 34.6 Å². The van der Waals surface area contributed by atoms with Gasteiger partial charge in [-0.2, -0.15) is 0 Å². The standard InChI is InChI=1S/C11H19BO2/c1-6(2)11-7(3)8(9(12)14-11)13-10(11,4)5/h6-9H,1-5H3/t7?,8?,9-,11+/m1/s1. The molecule has 14 heavy (non-hydrogen) atoms. The molecule has 2 unspecified atom stereocenters. The summed E-state index contributed by atoms with van der Waals surface area (Å²) in [4.78, 5) is 0. The Kier molecular flexibility index (Phi) is 2.07. The van der Waals surface area contributed by atoms with Gasteiger partial charge in [0.05, 0.1) is 11.7 Å². The lowest BCUT2D eigenvalue weighted by Gasteiger charge is -2.46. The first kappa shape index (κ1) is 10.5. The Hall–Kier alpha value is -0.0151. The molecule has 4 atom stereocenters. The molecule has 0 aliphatic carbocycles. The predicted octanol–water partition coefficient (Wildman–Crippen LogP) is 1.72. The first-order valence-electron chi connectivity index (χ1n) is 5.44. The molecular weight excluding hydrogens is 175 g/mol. The summed E-state index contributed by atoms with van der Waals surface area (Å²) in [5, 5.41) is 0. The Morgan fingerprint density at radius 1 is 1.21 bits per heavy atom. The van der Waals surface area contributed by atoms with Crippen LogP contribution in [0.4, 0.5) is 0 Å². The van der Waals surface area contributed by atoms with Crippen LogP contribution in [-0.2, 0) is 9.47 Å². The molecule has 0 aromatic carbocycles. The van der Waals surface area contributed by atoms with E-state index >= 15 is 0 Å². The molecule has 2 aliphatic rings. The van der Waals surface area contributed by atoms with Crippen LogP contribution < -0.4 is 0 Å². The molecule has 78 valence electrons. The maximum atomic E-state index is 5.99. The van der Waals surface area contributed by atoms with Crippen LogP contribution in [0.5, 0.6) is 0 Å². The zero-order chi connectivity index (χ0) is 10.7. The average molecular weight is 194 g/mol. The van der Waals surface area contributed by atoms with Crippen molar-refractivity contribution in [3.05, 3.63) is 0 Å². The molecule has 2 heterocycles. The van der Waals surface area contributed by atoms with E-state index in [1.165, 1.54) is 0 Å². The van der Waals surface area contributed by atoms with Crippen LogP contribution in [0.3, 0.4) is 0 Å². The number of rotatable bonds is 1. The predicted molar refractivity (Wildman–Crippen MR) is 56.3 cm³/mol. The summed E-state index contributed by atoms with van der Waals surface area (Å²) in [7, 11) is 5.91. The molecule has 0 aromatic heterocycles. The summed E-state index contributed by atoms with van der Waals surface area (Å²) in [5.74, 6) is 0.804. The highest BCUT2D eigenvalue weighted by Crippen LogP contribution is 2.56. The molecule has 0 amide bonds. The molecule has 3 heteroatoms. The molecule has 2 radical (unpaired) electrons. The van der Waals surface area contributed by atoms with Gasteiger partial charge < -0.3 is 9.47 Å². The van der Waals surface area contributed by atoms with Gasteiger partial charge >= 0.3 is 0 Å². The highest BCUT2D eigenvalue weighted by atomic mass is 16.6. The van der Waals surface area contributed by atoms with Crippen LogP contribution in [0.15, 0.2) is 0 Å². The van der Waals surface area contributed by atoms with Crippen molar-refractivity contribution in [3.8, 4) is 0 Å². The lowest BCUT2D eigenvalue weighted by atomic mass is 9.71. The maximum absolute atomic E-state index is 5.99. The Bertz CT molecular complexity index is 252. The van der Waals surface area contributed by atoms with E-state index in [0.29, 0.717) is 11.8 Å². The lowest BCUT2D eigenvalue weighted by Crippen LogP contribution is -2.56. The summed E-state index contributed by atoms with van der Waals surface area (Å²) < 4.78 is 12.0. The van der Waals surface area contributed by atoms with E-state index in [1.54, 1.807) is 0 Å². The number of fused-ring (bicyclic) bond motifs is 2. The zero-order valence-corrected chi connectivity index (χ0v) is 9.70. The molecule has 2 saturated heterocycles. The van der Waals surface area contributed by atoms with E-state index in [0.717, 1.165) is 0 Å². The Balaban J connectivity index is 2.43. The zero-order valence-electron chi connectivity index (χ0n) is 9.70. The van der Waals surface area contributed by atoms with E-state index in [4.69, 9.17) is 17.3 Å². The van der Waals surface area contributed by atoms with Crippen molar-refractivity contribution in [2.75, 3.05) is 0 Å². The minimum Gasteiger partial charge on any atom is -0.375 e. The first-order valence-corrected chi connectivity index (χ1v) is 5.44. The number of ether oxygens (including phenoxy) is 2. The van der Waals surface area contributed by atoms with Crippen molar-refractivity contribution in [3.63, 3.8) is 0 Å². The number of hydrogen-bond donors (Lipinski definition) is 0. The molecule has 2 aliphatic heterocycles. The van der Waals surface area contributed by atoms with Crippen LogP contribution in [0, 0.1) is 11.8 Å². The van der Waals surface area contributed by atoms with Gasteiger partial charge in [-0.05, 0) is 19.8 Å². The Labute approximate surface area is 87.8 Å². The second-order valence-electron chi connectivity index (χ2n) is 5.41. The van der Waals surface area contributed by atoms with Crippen LogP contribution in [0.25, 0.3) is 0 Å². The van der Waals surface area contributed by atoms with Gasteiger partial charge in [0.15, 0.2) is 0 Å². The molecule has 0 aromatic rings. The lowest BCUT2D eigenvalue weighted by molar-refractivity contribution is -0.221. The van der Waals surface area contributed by atoms with Gasteiger partial charge in [0.25, 0.3) is 0 Å². The van der Waals surface area contributed by atoms with Crippen LogP contribution >= 0.6 is 0 Å². The molecule has 2 bridgehead atoms. The molecule has 0 saturated carbocycles. The maximum Gasteiger partial charge on any atom is 0.112 e. The molecule has 0 spiro atoms. The highest BCUT2D eigenvalue weighted by molar-refractivity contribution is 6.11. The summed E-state index contributed by atoms with van der Waals surface area (Å²) in [5.41, 5.74) is -0.432. The third kappa shape index (κ3) is 0.952. The fourth-order valence-electron chi connectivity index (χ4n) is 3.58. The van der Waals surface area contributed by atoms with Gasteiger partial charge in [-0.25, -0.2) is 0 Å². The number of hydrogen-bond acceptors (Lipinski definition) is 2. The van der Waals surface area contributed by atoms with Crippen molar-refractivity contribution in [1.29, 1.82) is 0 Å². The van der Waals surface area contributed by atoms with Gasteiger partial charge in [0, 0.05) is 11.9 Å². The summed E-state index contributed by atoms with van der Waals surface area (Å²) in [6, 6.07) is -0.250. The van der Waals surface area contributed by atoms with E-state index in [9.17, 15) is 0 Å². The second kappa shape index (κ2) is 2.76. The van der Waals surface area contributed by atoms with Gasteiger partial charge in [-0.3, -0.25) is 0 Å². The largest absolute Gasteiger partial charge is 0.375 e. The van der Waals surface area contributed by atoms with Gasteiger partial charge in [0.2, 0.25) is 0 Å². The SMILES string of the molecule is [B][C@@H]1O[C@@]2(C(C)C)C(C)C1OC2(C)C. The van der Waals surface area contributed by atoms with E-state index in [1.807, 2.05) is 0 Å². The normalized spacial score (nSPS) is 50.3. The topological polar surface area (TPSA) is 18.5 Å². The third-order valence-corrected chi connectivity index (χ3v) is 4.05. The van der Waals surface area contributed by atoms with Crippen molar-refractivity contribution >= 4 is 7.85 Å². The quantitative estimate of drug-likeness (QED) is 0.591. The molecule has 2 fully saturated rings. The monoisotopic (exact) mass is 194 g/mol.